The number of benzene rings is 1. The molecule has 96 valence electrons. The summed E-state index contributed by atoms with van der Waals surface area (Å²) in [6.45, 7) is 2.12. The van der Waals surface area contributed by atoms with Crippen LogP contribution in [0.1, 0.15) is 24.5 Å². The monoisotopic (exact) mass is 243 g/mol. The predicted molar refractivity (Wildman–Crippen MR) is 74.3 cm³/mol. The van der Waals surface area contributed by atoms with Gasteiger partial charge in [-0.25, -0.2) is 0 Å². The molecular formula is C15H21N3. The summed E-state index contributed by atoms with van der Waals surface area (Å²) >= 11 is 0. The second-order valence-corrected chi connectivity index (χ2v) is 5.34. The lowest BCUT2D eigenvalue weighted by Crippen LogP contribution is -2.39. The Kier molecular flexibility index (Phi) is 3.82. The fourth-order valence-corrected chi connectivity index (χ4v) is 2.18. The van der Waals surface area contributed by atoms with Crippen molar-refractivity contribution in [2.24, 2.45) is 12.8 Å². The molecule has 0 aliphatic carbocycles. The van der Waals surface area contributed by atoms with Gasteiger partial charge in [0.15, 0.2) is 0 Å². The molecule has 0 saturated heterocycles. The maximum Gasteiger partial charge on any atom is 0.0521 e. The van der Waals surface area contributed by atoms with Crippen molar-refractivity contribution in [3.63, 3.8) is 0 Å². The third-order valence-corrected chi connectivity index (χ3v) is 3.19. The Labute approximate surface area is 109 Å². The number of aromatic nitrogens is 2. The third kappa shape index (κ3) is 3.70. The summed E-state index contributed by atoms with van der Waals surface area (Å²) in [5, 5.41) is 4.18. The van der Waals surface area contributed by atoms with E-state index in [1.54, 1.807) is 0 Å². The van der Waals surface area contributed by atoms with Gasteiger partial charge in [-0.3, -0.25) is 4.68 Å². The van der Waals surface area contributed by atoms with Crippen LogP contribution in [0.3, 0.4) is 0 Å². The number of nitrogens with zero attached hydrogens (tertiary/aromatic N) is 2. The van der Waals surface area contributed by atoms with Crippen LogP contribution in [-0.4, -0.2) is 15.3 Å². The van der Waals surface area contributed by atoms with Crippen molar-refractivity contribution in [2.75, 3.05) is 0 Å². The molecular weight excluding hydrogens is 222 g/mol. The van der Waals surface area contributed by atoms with Crippen LogP contribution in [0.25, 0.3) is 0 Å². The molecule has 2 N–H and O–H groups in total. The van der Waals surface area contributed by atoms with Crippen molar-refractivity contribution in [1.29, 1.82) is 0 Å². The van der Waals surface area contributed by atoms with Gasteiger partial charge >= 0.3 is 0 Å². The van der Waals surface area contributed by atoms with Gasteiger partial charge in [-0.2, -0.15) is 5.10 Å². The van der Waals surface area contributed by atoms with Crippen molar-refractivity contribution < 1.29 is 0 Å². The first-order valence-corrected chi connectivity index (χ1v) is 6.35. The molecule has 0 radical (unpaired) electrons. The van der Waals surface area contributed by atoms with E-state index < -0.39 is 0 Å². The largest absolute Gasteiger partial charge is 0.325 e. The standard InChI is InChI=1S/C15H21N3/c1-15(16,10-13-6-4-3-5-7-13)9-8-14-11-17-18(2)12-14/h3-7,11-12H,8-10,16H2,1-2H3. The number of aryl methyl sites for hydroxylation is 2. The first-order valence-electron chi connectivity index (χ1n) is 6.35. The maximum absolute atomic E-state index is 6.38. The Morgan fingerprint density at radius 1 is 1.22 bits per heavy atom. The van der Waals surface area contributed by atoms with Crippen molar-refractivity contribution in [3.05, 3.63) is 53.9 Å². The highest BCUT2D eigenvalue weighted by Crippen LogP contribution is 2.17. The SMILES string of the molecule is Cn1cc(CCC(C)(N)Cc2ccccc2)cn1. The first-order chi connectivity index (χ1) is 8.55. The third-order valence-electron chi connectivity index (χ3n) is 3.19. The molecule has 1 heterocycles. The fourth-order valence-electron chi connectivity index (χ4n) is 2.18. The second-order valence-electron chi connectivity index (χ2n) is 5.34. The summed E-state index contributed by atoms with van der Waals surface area (Å²) in [4.78, 5) is 0. The van der Waals surface area contributed by atoms with Crippen molar-refractivity contribution in [3.8, 4) is 0 Å². The molecule has 2 rings (SSSR count). The van der Waals surface area contributed by atoms with Gasteiger partial charge < -0.3 is 5.73 Å². The summed E-state index contributed by atoms with van der Waals surface area (Å²) in [6.07, 6.45) is 6.83. The lowest BCUT2D eigenvalue weighted by molar-refractivity contribution is 0.430. The summed E-state index contributed by atoms with van der Waals surface area (Å²) in [6, 6.07) is 10.4. The Balaban J connectivity index is 1.91. The zero-order chi connectivity index (χ0) is 13.0. The molecule has 1 unspecified atom stereocenters. The summed E-state index contributed by atoms with van der Waals surface area (Å²) in [5.74, 6) is 0. The van der Waals surface area contributed by atoms with E-state index in [-0.39, 0.29) is 5.54 Å². The minimum Gasteiger partial charge on any atom is -0.325 e. The average Bonchev–Trinajstić information content (AvgIpc) is 2.74. The summed E-state index contributed by atoms with van der Waals surface area (Å²) in [5.41, 5.74) is 8.76. The van der Waals surface area contributed by atoms with Crippen molar-refractivity contribution >= 4 is 0 Å². The van der Waals surface area contributed by atoms with Crippen LogP contribution in [0.4, 0.5) is 0 Å². The highest BCUT2D eigenvalue weighted by atomic mass is 15.2. The lowest BCUT2D eigenvalue weighted by atomic mass is 9.88. The van der Waals surface area contributed by atoms with Crippen LogP contribution in [0.5, 0.6) is 0 Å². The average molecular weight is 243 g/mol. The molecule has 0 aliphatic rings. The molecule has 0 saturated carbocycles. The molecule has 3 heteroatoms. The Morgan fingerprint density at radius 3 is 2.56 bits per heavy atom. The number of hydrogen-bond donors (Lipinski definition) is 1. The van der Waals surface area contributed by atoms with Gasteiger partial charge in [-0.1, -0.05) is 30.3 Å². The predicted octanol–water partition coefficient (Wildman–Crippen LogP) is 2.31. The minimum atomic E-state index is -0.169. The van der Waals surface area contributed by atoms with Crippen molar-refractivity contribution in [1.82, 2.24) is 9.78 Å². The van der Waals surface area contributed by atoms with Gasteiger partial charge in [0, 0.05) is 18.8 Å². The van der Waals surface area contributed by atoms with E-state index in [2.05, 4.69) is 42.5 Å². The summed E-state index contributed by atoms with van der Waals surface area (Å²) < 4.78 is 1.83. The van der Waals surface area contributed by atoms with Crippen LogP contribution in [0, 0.1) is 0 Å². The van der Waals surface area contributed by atoms with E-state index in [0.29, 0.717) is 0 Å². The molecule has 18 heavy (non-hydrogen) atoms. The molecule has 1 aromatic carbocycles. The molecule has 2 aromatic rings. The van der Waals surface area contributed by atoms with Crippen LogP contribution < -0.4 is 5.73 Å². The van der Waals surface area contributed by atoms with E-state index in [0.717, 1.165) is 19.3 Å². The lowest BCUT2D eigenvalue weighted by Gasteiger charge is -2.24. The highest BCUT2D eigenvalue weighted by molar-refractivity contribution is 5.17. The molecule has 0 amide bonds. The topological polar surface area (TPSA) is 43.8 Å². The van der Waals surface area contributed by atoms with Gasteiger partial charge in [0.2, 0.25) is 0 Å². The normalized spacial score (nSPS) is 14.4. The van der Waals surface area contributed by atoms with Crippen LogP contribution in [0.2, 0.25) is 0 Å². The molecule has 3 nitrogen and oxygen atoms in total. The van der Waals surface area contributed by atoms with Gasteiger partial charge in [0.1, 0.15) is 0 Å². The molecule has 0 bridgehead atoms. The van der Waals surface area contributed by atoms with Crippen LogP contribution in [-0.2, 0) is 19.9 Å². The number of hydrogen-bond acceptors (Lipinski definition) is 2. The van der Waals surface area contributed by atoms with E-state index in [1.165, 1.54) is 11.1 Å². The molecule has 0 aliphatic heterocycles. The number of nitrogens with two attached hydrogens (primary N) is 1. The first kappa shape index (κ1) is 12.8. The molecule has 1 atom stereocenters. The van der Waals surface area contributed by atoms with Crippen molar-refractivity contribution in [2.45, 2.75) is 31.7 Å². The Hall–Kier alpha value is -1.61. The summed E-state index contributed by atoms with van der Waals surface area (Å²) in [7, 11) is 1.94. The molecule has 0 fully saturated rings. The molecule has 1 aromatic heterocycles. The Morgan fingerprint density at radius 2 is 1.94 bits per heavy atom. The fraction of sp³-hybridized carbons (Fsp3) is 0.400. The Bertz CT molecular complexity index is 485. The number of rotatable bonds is 5. The minimum absolute atomic E-state index is 0.169. The van der Waals surface area contributed by atoms with E-state index in [1.807, 2.05) is 24.0 Å². The van der Waals surface area contributed by atoms with Gasteiger partial charge in [0.05, 0.1) is 6.20 Å². The van der Waals surface area contributed by atoms with E-state index >= 15 is 0 Å². The smallest absolute Gasteiger partial charge is 0.0521 e. The quantitative estimate of drug-likeness (QED) is 0.875. The van der Waals surface area contributed by atoms with Gasteiger partial charge in [0.25, 0.3) is 0 Å². The van der Waals surface area contributed by atoms with Gasteiger partial charge in [-0.05, 0) is 37.3 Å². The zero-order valence-electron chi connectivity index (χ0n) is 11.1. The second kappa shape index (κ2) is 5.36. The van der Waals surface area contributed by atoms with Crippen LogP contribution >= 0.6 is 0 Å². The molecule has 0 spiro atoms. The zero-order valence-corrected chi connectivity index (χ0v) is 11.1. The van der Waals surface area contributed by atoms with Crippen LogP contribution in [0.15, 0.2) is 42.7 Å². The van der Waals surface area contributed by atoms with E-state index in [4.69, 9.17) is 5.73 Å². The van der Waals surface area contributed by atoms with E-state index in [9.17, 15) is 0 Å². The maximum atomic E-state index is 6.38. The van der Waals surface area contributed by atoms with Gasteiger partial charge in [-0.15, -0.1) is 0 Å². The highest BCUT2D eigenvalue weighted by Gasteiger charge is 2.19.